The van der Waals surface area contributed by atoms with Crippen molar-refractivity contribution < 1.29 is 225 Å². The summed E-state index contributed by atoms with van der Waals surface area (Å²) in [5, 5.41) is 0. The second kappa shape index (κ2) is 25.6. The van der Waals surface area contributed by atoms with Crippen LogP contribution in [0.1, 0.15) is 44.3 Å². The fourth-order valence-corrected chi connectivity index (χ4v) is 10.9. The van der Waals surface area contributed by atoms with Gasteiger partial charge in [-0.15, -0.1) is 4.98 Å². The van der Waals surface area contributed by atoms with Crippen LogP contribution in [-0.4, -0.2) is 219 Å². The van der Waals surface area contributed by atoms with Gasteiger partial charge in [0.15, 0.2) is 19.8 Å². The van der Waals surface area contributed by atoms with Crippen LogP contribution in [0.4, 0.5) is 223 Å². The summed E-state index contributed by atoms with van der Waals surface area (Å²) in [7, 11) is 1.31. The third kappa shape index (κ3) is 12.7. The Kier molecular flexibility index (Phi) is 21.8. The van der Waals surface area contributed by atoms with Gasteiger partial charge >= 0.3 is 162 Å². The molecule has 2 atom stereocenters. The molecule has 0 saturated heterocycles. The van der Waals surface area contributed by atoms with Gasteiger partial charge in [-0.2, -0.15) is 209 Å². The minimum absolute atomic E-state index is 0.0721. The second-order valence-corrected chi connectivity index (χ2v) is 23.6. The topological polar surface area (TPSA) is 112 Å². The van der Waals surface area contributed by atoms with Gasteiger partial charge in [0, 0.05) is 25.2 Å². The molecule has 0 aliphatic heterocycles. The molecular formula is C46H32F48N8O3. The van der Waals surface area contributed by atoms with Gasteiger partial charge in [0.1, 0.15) is 5.82 Å². The number of aromatic nitrogens is 6. The highest BCUT2D eigenvalue weighted by molar-refractivity contribution is 5.44. The first-order valence-corrected chi connectivity index (χ1v) is 26.7. The van der Waals surface area contributed by atoms with Crippen LogP contribution < -0.4 is 24.0 Å². The van der Waals surface area contributed by atoms with E-state index in [0.29, 0.717) is 18.9 Å². The van der Waals surface area contributed by atoms with E-state index < -0.39 is 241 Å². The van der Waals surface area contributed by atoms with E-state index in [2.05, 4.69) is 44.1 Å². The lowest BCUT2D eigenvalue weighted by Gasteiger charge is -2.66. The third-order valence-electron chi connectivity index (χ3n) is 16.7. The predicted octanol–water partition coefficient (Wildman–Crippen LogP) is 17.3. The number of rotatable bonds is 34. The first-order chi connectivity index (χ1) is 46.1. The Bertz CT molecular complexity index is 3330. The Labute approximate surface area is 546 Å². The molecular weight excluding hydrogens is 1620 g/mol. The van der Waals surface area contributed by atoms with Crippen molar-refractivity contribution in [2.75, 3.05) is 43.7 Å². The number of alkyl halides is 48. The number of halogens is 48. The smallest absolute Gasteiger partial charge is 0.385 e. The number of ether oxygens (including phenoxy) is 3. The largest absolute Gasteiger partial charge is 0.457 e. The van der Waals surface area contributed by atoms with Crippen LogP contribution in [0.5, 0.6) is 18.0 Å². The van der Waals surface area contributed by atoms with E-state index in [1.54, 1.807) is 0 Å². The van der Waals surface area contributed by atoms with Gasteiger partial charge in [0.25, 0.3) is 0 Å². The molecule has 0 aromatic carbocycles. The van der Waals surface area contributed by atoms with Crippen LogP contribution in [0.15, 0.2) is 0 Å². The molecule has 59 heteroatoms. The number of nitrogens with zero attached hydrogens (tertiary/aromatic N) is 8. The molecule has 610 valence electrons. The van der Waals surface area contributed by atoms with Crippen molar-refractivity contribution >= 4 is 11.9 Å². The Morgan fingerprint density at radius 2 is 0.505 bits per heavy atom. The van der Waals surface area contributed by atoms with E-state index in [0.717, 1.165) is 11.9 Å². The second-order valence-electron chi connectivity index (χ2n) is 23.6. The molecule has 0 amide bonds. The minimum Gasteiger partial charge on any atom is -0.457 e. The van der Waals surface area contributed by atoms with Gasteiger partial charge in [-0.1, -0.05) is 0 Å². The summed E-state index contributed by atoms with van der Waals surface area (Å²) in [6, 6.07) is -7.29. The molecule has 0 N–H and O–H groups in total. The number of hydrogen-bond donors (Lipinski definition) is 0. The van der Waals surface area contributed by atoms with Crippen LogP contribution in [0.3, 0.4) is 0 Å². The molecule has 4 aliphatic rings. The number of anilines is 2. The van der Waals surface area contributed by atoms with Gasteiger partial charge in [0.2, 0.25) is 11.9 Å². The normalized spacial score (nSPS) is 21.3. The molecule has 2 aromatic heterocycles. The third-order valence-corrected chi connectivity index (χ3v) is 16.7. The Hall–Kier alpha value is -6.34. The van der Waals surface area contributed by atoms with Gasteiger partial charge in [-0.25, -0.2) is 26.3 Å². The molecule has 4 fully saturated rings. The average molecular weight is 1660 g/mol. The fourth-order valence-electron chi connectivity index (χ4n) is 10.9. The highest BCUT2D eigenvalue weighted by Crippen LogP contribution is 2.68. The summed E-state index contributed by atoms with van der Waals surface area (Å²) in [5.74, 6) is -184. The van der Waals surface area contributed by atoms with Crippen molar-refractivity contribution in [3.8, 4) is 18.0 Å². The van der Waals surface area contributed by atoms with E-state index in [4.69, 9.17) is 0 Å². The lowest BCUT2D eigenvalue weighted by molar-refractivity contribution is -0.447. The molecule has 4 aliphatic carbocycles. The molecule has 0 spiro atoms. The number of hydrogen-bond acceptors (Lipinski definition) is 11. The predicted molar refractivity (Wildman–Crippen MR) is 240 cm³/mol. The fraction of sp³-hybridized carbons (Fsp3) is 0.870. The Morgan fingerprint density at radius 3 is 0.733 bits per heavy atom. The lowest BCUT2D eigenvalue weighted by atomic mass is 9.49. The average Bonchev–Trinajstić information content (AvgIpc) is 0.715. The summed E-state index contributed by atoms with van der Waals surface area (Å²) in [6.07, 6.45) is -21.5. The highest BCUT2D eigenvalue weighted by Gasteiger charge is 2.97. The Morgan fingerprint density at radius 1 is 0.305 bits per heavy atom. The molecule has 0 radical (unpaired) electrons. The zero-order valence-electron chi connectivity index (χ0n) is 49.7. The SMILES string of the molecule is Cc1nc(OCC(F)(F)C(F)(F)C(F)(F)C(F)(F)C(F)(F)C(F)(F)C(F)(F)C(F)F)nc(N(C)C23CC4CC(C2)CC(N(C)c2nc(OCC(F)(F)C(F)(F)C(F)(F)C(F)(F)C(F)(F)C(F)(F)C(F)(F)C(F)F)nc(OCC(F)(F)C(F)(F)C(F)(F)C(F)(F)C(F)(F)C(F)(F)C(F)(F)C(F)F)n2)(C4)C3)n1. The first kappa shape index (κ1) is 89.3. The van der Waals surface area contributed by atoms with Crippen LogP contribution in [0.25, 0.3) is 0 Å². The van der Waals surface area contributed by atoms with Gasteiger partial charge in [-0.3, -0.25) is 0 Å². The van der Waals surface area contributed by atoms with Gasteiger partial charge < -0.3 is 24.0 Å². The molecule has 4 saturated carbocycles. The molecule has 2 unspecified atom stereocenters. The minimum atomic E-state index is -9.13. The molecule has 2 heterocycles. The molecule has 11 nitrogen and oxygen atoms in total. The lowest BCUT2D eigenvalue weighted by Crippen LogP contribution is -2.74. The number of aryl methyl sites for hydroxylation is 1. The monoisotopic (exact) mass is 1660 g/mol. The summed E-state index contributed by atoms with van der Waals surface area (Å²) < 4.78 is 688. The van der Waals surface area contributed by atoms with Crippen molar-refractivity contribution in [1.29, 1.82) is 0 Å². The van der Waals surface area contributed by atoms with Crippen LogP contribution >= 0.6 is 0 Å². The van der Waals surface area contributed by atoms with E-state index in [1.165, 1.54) is 0 Å². The van der Waals surface area contributed by atoms with Crippen molar-refractivity contribution in [2.24, 2.45) is 11.8 Å². The van der Waals surface area contributed by atoms with Gasteiger partial charge in [-0.05, 0) is 57.3 Å². The first-order valence-electron chi connectivity index (χ1n) is 26.7. The summed E-state index contributed by atoms with van der Waals surface area (Å²) >= 11 is 0. The molecule has 2 aromatic rings. The molecule has 4 bridgehead atoms. The van der Waals surface area contributed by atoms with E-state index in [-0.39, 0.29) is 19.3 Å². The maximum absolute atomic E-state index is 15.2. The molecule has 6 rings (SSSR count). The Balaban J connectivity index is 1.60. The van der Waals surface area contributed by atoms with Crippen molar-refractivity contribution in [3.05, 3.63) is 5.82 Å². The zero-order valence-corrected chi connectivity index (χ0v) is 49.7. The summed E-state index contributed by atoms with van der Waals surface area (Å²) in [5.41, 5.74) is -4.03. The highest BCUT2D eigenvalue weighted by atomic mass is 19.4. The van der Waals surface area contributed by atoms with Crippen molar-refractivity contribution in [2.45, 2.75) is 200 Å². The quantitative estimate of drug-likeness (QED) is 0.0625. The maximum Gasteiger partial charge on any atom is 0.385 e. The zero-order chi connectivity index (χ0) is 82.7. The summed E-state index contributed by atoms with van der Waals surface area (Å²) in [4.78, 5) is 19.7. The van der Waals surface area contributed by atoms with Crippen LogP contribution in [0.2, 0.25) is 0 Å². The van der Waals surface area contributed by atoms with Crippen molar-refractivity contribution in [1.82, 2.24) is 29.9 Å². The van der Waals surface area contributed by atoms with Crippen LogP contribution in [-0.2, 0) is 0 Å². The standard InChI is InChI=1S/C46H32F48N8O3/c1-13-95-19(97-21(96-13)103-10-26(53,54)32(65,66)38(77,78)44(89,90)41(83,84)35(71,72)29(59,60)16(47)48)101(2)24-5-14-4-15(6-24)8-25(7-14,9-24)102(3)20-98-22(104-11-27(55,56)33(67,68)39(79,80)45(91,92)42(85,86)36(73,74)30(61,62)17(49)50)100-23(99-20)105-12-28(57,58)34(69,70)40(81,82)46(93,94)43(87,88)37(75,76)31(63,64)18(51)52/h14-18H,4-12H2,1-3H3. The summed E-state index contributed by atoms with van der Waals surface area (Å²) in [6.45, 7) is -11.2. The van der Waals surface area contributed by atoms with E-state index >= 15 is 17.6 Å². The van der Waals surface area contributed by atoms with E-state index in [9.17, 15) is 193 Å². The van der Waals surface area contributed by atoms with E-state index in [1.807, 2.05) is 0 Å². The molecule has 105 heavy (non-hydrogen) atoms. The maximum atomic E-state index is 15.2. The van der Waals surface area contributed by atoms with Crippen molar-refractivity contribution in [3.63, 3.8) is 0 Å². The van der Waals surface area contributed by atoms with Gasteiger partial charge in [0.05, 0.1) is 0 Å². The van der Waals surface area contributed by atoms with Crippen LogP contribution in [0, 0.1) is 18.8 Å².